The highest BCUT2D eigenvalue weighted by Gasteiger charge is 2.10. The molecular formula is C12H9Br2ClN2O. The first-order chi connectivity index (χ1) is 8.15. The average Bonchev–Trinajstić information content (AvgIpc) is 2.29. The lowest BCUT2D eigenvalue weighted by Crippen LogP contribution is -3.00. The fraction of sp³-hybridized carbons (Fsp3) is 0.0833. The summed E-state index contributed by atoms with van der Waals surface area (Å²) >= 11 is 9.07. The van der Waals surface area contributed by atoms with E-state index in [9.17, 15) is 4.79 Å². The van der Waals surface area contributed by atoms with Crippen molar-refractivity contribution in [1.29, 1.82) is 0 Å². The monoisotopic (exact) mass is 390 g/mol. The van der Waals surface area contributed by atoms with E-state index in [0.717, 1.165) is 4.47 Å². The number of aromatic nitrogens is 2. The third-order valence-electron chi connectivity index (χ3n) is 2.19. The Labute approximate surface area is 129 Å². The summed E-state index contributed by atoms with van der Waals surface area (Å²) in [6, 6.07) is 6.85. The number of hydrogen-bond donors (Lipinski definition) is 0. The first kappa shape index (κ1) is 15.3. The highest BCUT2D eigenvalue weighted by Crippen LogP contribution is 2.10. The molecule has 1 aromatic heterocycles. The molecule has 18 heavy (non-hydrogen) atoms. The molecule has 94 valence electrons. The van der Waals surface area contributed by atoms with E-state index in [1.165, 1.54) is 0 Å². The van der Waals surface area contributed by atoms with Gasteiger partial charge in [-0.05, 0) is 40.2 Å². The molecule has 0 aliphatic heterocycles. The van der Waals surface area contributed by atoms with Crippen LogP contribution in [0.3, 0.4) is 0 Å². The molecule has 0 saturated carbocycles. The van der Waals surface area contributed by atoms with E-state index in [2.05, 4.69) is 20.9 Å². The molecule has 6 heteroatoms. The minimum Gasteiger partial charge on any atom is -1.00 e. The molecule has 0 atom stereocenters. The maximum Gasteiger partial charge on any atom is 0.286 e. The quantitative estimate of drug-likeness (QED) is 0.530. The van der Waals surface area contributed by atoms with Crippen LogP contribution in [0.15, 0.2) is 47.5 Å². The highest BCUT2D eigenvalue weighted by molar-refractivity contribution is 9.10. The van der Waals surface area contributed by atoms with E-state index in [1.54, 1.807) is 47.6 Å². The predicted molar refractivity (Wildman–Crippen MR) is 67.9 cm³/mol. The van der Waals surface area contributed by atoms with Crippen molar-refractivity contribution in [2.45, 2.75) is 6.54 Å². The van der Waals surface area contributed by atoms with Gasteiger partial charge in [0.1, 0.15) is 10.7 Å². The van der Waals surface area contributed by atoms with Crippen molar-refractivity contribution in [2.75, 3.05) is 0 Å². The summed E-state index contributed by atoms with van der Waals surface area (Å²) in [7, 11) is 0. The smallest absolute Gasteiger partial charge is 0.286 e. The first-order valence-electron chi connectivity index (χ1n) is 4.93. The van der Waals surface area contributed by atoms with Gasteiger partial charge in [-0.15, -0.1) is 0 Å². The molecule has 0 bridgehead atoms. The summed E-state index contributed by atoms with van der Waals surface area (Å²) < 4.78 is 2.56. The Kier molecular flexibility index (Phi) is 5.91. The summed E-state index contributed by atoms with van der Waals surface area (Å²) in [5, 5.41) is 0.623. The summed E-state index contributed by atoms with van der Waals surface area (Å²) in [5.41, 5.74) is 0.641. The van der Waals surface area contributed by atoms with Gasteiger partial charge in [0.05, 0.1) is 0 Å². The molecule has 0 radical (unpaired) electrons. The van der Waals surface area contributed by atoms with Crippen molar-refractivity contribution in [3.8, 4) is 0 Å². The Bertz CT molecular complexity index is 546. The highest BCUT2D eigenvalue weighted by atomic mass is 79.9. The van der Waals surface area contributed by atoms with Crippen molar-refractivity contribution in [3.05, 3.63) is 58.0 Å². The lowest BCUT2D eigenvalue weighted by Gasteiger charge is -2.00. The van der Waals surface area contributed by atoms with E-state index in [4.69, 9.17) is 11.6 Å². The van der Waals surface area contributed by atoms with Crippen LogP contribution in [0.2, 0.25) is 5.02 Å². The summed E-state index contributed by atoms with van der Waals surface area (Å²) in [4.78, 5) is 15.9. The minimum absolute atomic E-state index is 0. The molecule has 0 N–H and O–H groups in total. The van der Waals surface area contributed by atoms with E-state index in [1.807, 2.05) is 0 Å². The molecular weight excluding hydrogens is 383 g/mol. The van der Waals surface area contributed by atoms with Crippen LogP contribution in [0.25, 0.3) is 0 Å². The Balaban J connectivity index is 0.00000162. The van der Waals surface area contributed by atoms with Crippen molar-refractivity contribution in [1.82, 2.24) is 4.98 Å². The molecule has 0 saturated heterocycles. The number of carbonyl (C=O) groups is 1. The molecule has 0 spiro atoms. The van der Waals surface area contributed by atoms with E-state index in [0.29, 0.717) is 10.6 Å². The largest absolute Gasteiger partial charge is 1.00 e. The van der Waals surface area contributed by atoms with Crippen LogP contribution in [-0.2, 0) is 6.54 Å². The van der Waals surface area contributed by atoms with Crippen LogP contribution >= 0.6 is 27.5 Å². The number of hydrogen-bond acceptors (Lipinski definition) is 2. The van der Waals surface area contributed by atoms with Gasteiger partial charge < -0.3 is 17.0 Å². The normalized spacial score (nSPS) is 9.67. The molecule has 0 aliphatic carbocycles. The predicted octanol–water partition coefficient (Wildman–Crippen LogP) is -0.328. The molecule has 2 aromatic rings. The van der Waals surface area contributed by atoms with Crippen molar-refractivity contribution in [2.24, 2.45) is 0 Å². The second-order valence-electron chi connectivity index (χ2n) is 3.51. The zero-order chi connectivity index (χ0) is 12.3. The fourth-order valence-corrected chi connectivity index (χ4v) is 1.90. The number of ketones is 1. The molecule has 3 nitrogen and oxygen atoms in total. The van der Waals surface area contributed by atoms with Crippen molar-refractivity contribution >= 4 is 33.3 Å². The van der Waals surface area contributed by atoms with Crippen LogP contribution in [0.4, 0.5) is 0 Å². The van der Waals surface area contributed by atoms with Crippen LogP contribution in [0.1, 0.15) is 10.4 Å². The van der Waals surface area contributed by atoms with Crippen molar-refractivity contribution < 1.29 is 26.3 Å². The Morgan fingerprint density at radius 3 is 2.61 bits per heavy atom. The lowest BCUT2D eigenvalue weighted by molar-refractivity contribution is -0.686. The number of nitrogens with zero attached hydrogens (tertiary/aromatic N) is 2. The topological polar surface area (TPSA) is 33.8 Å². The maximum atomic E-state index is 11.9. The number of halogens is 3. The third kappa shape index (κ3) is 4.15. The average molecular weight is 392 g/mol. The number of benzene rings is 1. The molecule has 1 heterocycles. The van der Waals surface area contributed by atoms with E-state index < -0.39 is 0 Å². The standard InChI is InChI=1S/C12H9BrClN2O.BrH/c13-10-5-15-8-16(6-10)7-12(17)9-1-3-11(14)4-2-9;/h1-6,8H,7H2;1H/q+1;/p-1. The Morgan fingerprint density at radius 1 is 1.33 bits per heavy atom. The molecule has 0 fully saturated rings. The summed E-state index contributed by atoms with van der Waals surface area (Å²) in [5.74, 6) is 0.0200. The molecule has 0 amide bonds. The first-order valence-corrected chi connectivity index (χ1v) is 6.10. The Morgan fingerprint density at radius 2 is 2.00 bits per heavy atom. The van der Waals surface area contributed by atoms with Crippen LogP contribution in [0.5, 0.6) is 0 Å². The van der Waals surface area contributed by atoms with Gasteiger partial charge in [-0.3, -0.25) is 4.79 Å². The summed E-state index contributed by atoms with van der Waals surface area (Å²) in [6.07, 6.45) is 5.09. The lowest BCUT2D eigenvalue weighted by atomic mass is 10.1. The SMILES string of the molecule is O=C(C[n+]1cncc(Br)c1)c1ccc(Cl)cc1.[Br-]. The van der Waals surface area contributed by atoms with E-state index >= 15 is 0 Å². The number of Topliss-reactive ketones (excluding diaryl/α,β-unsaturated/α-hetero) is 1. The van der Waals surface area contributed by atoms with Gasteiger partial charge in [-0.25, -0.2) is 4.57 Å². The van der Waals surface area contributed by atoms with Gasteiger partial charge in [0, 0.05) is 10.6 Å². The second-order valence-corrected chi connectivity index (χ2v) is 4.86. The minimum atomic E-state index is 0. The molecule has 2 rings (SSSR count). The number of carbonyl (C=O) groups excluding carboxylic acids is 1. The summed E-state index contributed by atoms with van der Waals surface area (Å²) in [6.45, 7) is 0.258. The Hall–Kier alpha value is -0.780. The number of rotatable bonds is 3. The van der Waals surface area contributed by atoms with Gasteiger partial charge in [0.25, 0.3) is 6.33 Å². The van der Waals surface area contributed by atoms with Crippen LogP contribution < -0.4 is 21.5 Å². The molecule has 0 unspecified atom stereocenters. The zero-order valence-corrected chi connectivity index (χ0v) is 13.1. The maximum absolute atomic E-state index is 11.9. The van der Waals surface area contributed by atoms with E-state index in [-0.39, 0.29) is 29.3 Å². The molecule has 0 aliphatic rings. The second kappa shape index (κ2) is 6.97. The van der Waals surface area contributed by atoms with Gasteiger partial charge in [0.2, 0.25) is 5.78 Å². The van der Waals surface area contributed by atoms with Gasteiger partial charge in [0.15, 0.2) is 12.7 Å². The van der Waals surface area contributed by atoms with Gasteiger partial charge in [-0.2, -0.15) is 0 Å². The van der Waals surface area contributed by atoms with Crippen LogP contribution in [0, 0.1) is 0 Å². The third-order valence-corrected chi connectivity index (χ3v) is 2.86. The van der Waals surface area contributed by atoms with Crippen molar-refractivity contribution in [3.63, 3.8) is 0 Å². The fourth-order valence-electron chi connectivity index (χ4n) is 1.39. The zero-order valence-electron chi connectivity index (χ0n) is 9.19. The van der Waals surface area contributed by atoms with Gasteiger partial charge >= 0.3 is 0 Å². The van der Waals surface area contributed by atoms with Crippen LogP contribution in [-0.4, -0.2) is 10.8 Å². The molecule has 1 aromatic carbocycles. The van der Waals surface area contributed by atoms with Gasteiger partial charge in [-0.1, -0.05) is 16.6 Å².